The predicted octanol–water partition coefficient (Wildman–Crippen LogP) is 4.46. The molecule has 0 spiro atoms. The Labute approximate surface area is 179 Å². The van der Waals surface area contributed by atoms with E-state index >= 15 is 0 Å². The monoisotopic (exact) mass is 463 g/mol. The van der Waals surface area contributed by atoms with Crippen molar-refractivity contribution in [2.45, 2.75) is 38.3 Å². The second-order valence-electron chi connectivity index (χ2n) is 6.58. The lowest BCUT2D eigenvalue weighted by molar-refractivity contribution is -0.145. The highest BCUT2D eigenvalue weighted by atomic mass is 19.4. The van der Waals surface area contributed by atoms with E-state index in [9.17, 15) is 35.9 Å². The van der Waals surface area contributed by atoms with Gasteiger partial charge in [0.15, 0.2) is 0 Å². The van der Waals surface area contributed by atoms with Crippen LogP contribution in [0.25, 0.3) is 0 Å². The summed E-state index contributed by atoms with van der Waals surface area (Å²) < 4.78 is 83.9. The number of nitrogens with zero attached hydrogens (tertiary/aromatic N) is 1. The maximum atomic E-state index is 13.5. The second kappa shape index (κ2) is 9.88. The number of hydrogen-bond acceptors (Lipinski definition) is 4. The molecule has 0 bridgehead atoms. The van der Waals surface area contributed by atoms with Gasteiger partial charge >= 0.3 is 24.4 Å². The summed E-state index contributed by atoms with van der Waals surface area (Å²) in [5.74, 6) is -0.775. The van der Waals surface area contributed by atoms with Crippen LogP contribution in [0.2, 0.25) is 0 Å². The van der Waals surface area contributed by atoms with E-state index in [1.54, 1.807) is 6.92 Å². The average molecular weight is 463 g/mol. The molecule has 0 aliphatic rings. The minimum atomic E-state index is -4.84. The van der Waals surface area contributed by atoms with Crippen LogP contribution in [0.3, 0.4) is 0 Å². The molecular weight excluding hydrogens is 444 g/mol. The molecule has 0 fully saturated rings. The number of amides is 2. The van der Waals surface area contributed by atoms with Crippen LogP contribution in [0.5, 0.6) is 0 Å². The van der Waals surface area contributed by atoms with E-state index in [0.717, 1.165) is 30.5 Å². The lowest BCUT2D eigenvalue weighted by atomic mass is 9.98. The molecule has 2 N–H and O–H groups in total. The van der Waals surface area contributed by atoms with Gasteiger partial charge in [0.25, 0.3) is 0 Å². The minimum absolute atomic E-state index is 0.0452. The Bertz CT molecular complexity index is 945. The molecule has 2 atom stereocenters. The standard InChI is InChI=1S/C20H19F6N3O3/c1-3-32-17(30)11(2)28-18(31)29-15(12-6-8-13(9-7-12)19(21,22)23)16-14(20(24,25)26)5-4-10-27-16/h4-11,15H,3H2,1-2H3,(H2,28,29,31)/t11-,15-/m0/s1. The first-order valence-corrected chi connectivity index (χ1v) is 9.27. The Morgan fingerprint density at radius 1 is 1.00 bits per heavy atom. The number of alkyl halides is 6. The molecule has 0 saturated carbocycles. The highest BCUT2D eigenvalue weighted by Crippen LogP contribution is 2.36. The Morgan fingerprint density at radius 3 is 2.16 bits per heavy atom. The van der Waals surface area contributed by atoms with Crippen molar-refractivity contribution in [2.24, 2.45) is 0 Å². The zero-order valence-electron chi connectivity index (χ0n) is 16.8. The molecule has 2 aromatic rings. The topological polar surface area (TPSA) is 80.3 Å². The number of carbonyl (C=O) groups is 2. The van der Waals surface area contributed by atoms with Gasteiger partial charge in [0.05, 0.1) is 29.5 Å². The number of urea groups is 1. The van der Waals surface area contributed by atoms with Crippen molar-refractivity contribution in [3.8, 4) is 0 Å². The van der Waals surface area contributed by atoms with Crippen molar-refractivity contribution in [1.29, 1.82) is 0 Å². The van der Waals surface area contributed by atoms with E-state index in [4.69, 9.17) is 4.74 Å². The number of ether oxygens (including phenoxy) is 1. The summed E-state index contributed by atoms with van der Waals surface area (Å²) in [6.07, 6.45) is -8.44. The van der Waals surface area contributed by atoms with E-state index in [2.05, 4.69) is 15.6 Å². The van der Waals surface area contributed by atoms with Crippen LogP contribution in [0.4, 0.5) is 31.1 Å². The van der Waals surface area contributed by atoms with Gasteiger partial charge in [-0.25, -0.2) is 9.59 Å². The van der Waals surface area contributed by atoms with Crippen LogP contribution in [-0.2, 0) is 21.9 Å². The van der Waals surface area contributed by atoms with Gasteiger partial charge in [-0.1, -0.05) is 12.1 Å². The van der Waals surface area contributed by atoms with E-state index < -0.39 is 53.3 Å². The van der Waals surface area contributed by atoms with Crippen molar-refractivity contribution in [3.63, 3.8) is 0 Å². The number of nitrogens with one attached hydrogen (secondary N) is 2. The van der Waals surface area contributed by atoms with Crippen molar-refractivity contribution in [3.05, 3.63) is 65.0 Å². The zero-order valence-corrected chi connectivity index (χ0v) is 16.8. The quantitative estimate of drug-likeness (QED) is 0.490. The highest BCUT2D eigenvalue weighted by molar-refractivity contribution is 5.83. The third kappa shape index (κ3) is 6.34. The Balaban J connectivity index is 2.43. The van der Waals surface area contributed by atoms with Crippen molar-refractivity contribution < 1.29 is 40.7 Å². The highest BCUT2D eigenvalue weighted by Gasteiger charge is 2.37. The second-order valence-corrected chi connectivity index (χ2v) is 6.58. The average Bonchev–Trinajstić information content (AvgIpc) is 2.71. The molecule has 0 saturated heterocycles. The molecule has 1 aromatic carbocycles. The van der Waals surface area contributed by atoms with Gasteiger partial charge in [-0.05, 0) is 43.7 Å². The summed E-state index contributed by atoms with van der Waals surface area (Å²) in [7, 11) is 0. The van der Waals surface area contributed by atoms with Crippen LogP contribution in [0.1, 0.15) is 42.3 Å². The molecule has 2 amide bonds. The van der Waals surface area contributed by atoms with Gasteiger partial charge in [-0.3, -0.25) is 4.98 Å². The Hall–Kier alpha value is -3.31. The van der Waals surface area contributed by atoms with Crippen LogP contribution < -0.4 is 10.6 Å². The molecular formula is C20H19F6N3O3. The summed E-state index contributed by atoms with van der Waals surface area (Å²) >= 11 is 0. The van der Waals surface area contributed by atoms with E-state index in [1.165, 1.54) is 6.92 Å². The number of benzene rings is 1. The maximum absolute atomic E-state index is 13.5. The molecule has 6 nitrogen and oxygen atoms in total. The molecule has 0 unspecified atom stereocenters. The fourth-order valence-electron chi connectivity index (χ4n) is 2.76. The van der Waals surface area contributed by atoms with Gasteiger partial charge < -0.3 is 15.4 Å². The largest absolute Gasteiger partial charge is 0.464 e. The molecule has 12 heteroatoms. The van der Waals surface area contributed by atoms with Gasteiger partial charge in [0.2, 0.25) is 0 Å². The fourth-order valence-corrected chi connectivity index (χ4v) is 2.76. The molecule has 2 rings (SSSR count). The Morgan fingerprint density at radius 2 is 1.62 bits per heavy atom. The van der Waals surface area contributed by atoms with Crippen LogP contribution in [0, 0.1) is 0 Å². The minimum Gasteiger partial charge on any atom is -0.464 e. The van der Waals surface area contributed by atoms with Gasteiger partial charge in [0, 0.05) is 6.20 Å². The summed E-state index contributed by atoms with van der Waals surface area (Å²) in [5, 5.41) is 4.46. The third-order valence-corrected chi connectivity index (χ3v) is 4.25. The first-order chi connectivity index (χ1) is 14.8. The maximum Gasteiger partial charge on any atom is 0.418 e. The van der Waals surface area contributed by atoms with Crippen molar-refractivity contribution >= 4 is 12.0 Å². The van der Waals surface area contributed by atoms with Crippen molar-refractivity contribution in [1.82, 2.24) is 15.6 Å². The van der Waals surface area contributed by atoms with Crippen LogP contribution in [-0.4, -0.2) is 29.6 Å². The fraction of sp³-hybridized carbons (Fsp3) is 0.350. The first kappa shape index (κ1) is 25.0. The van der Waals surface area contributed by atoms with E-state index in [-0.39, 0.29) is 12.2 Å². The molecule has 0 aliphatic carbocycles. The van der Waals surface area contributed by atoms with Crippen LogP contribution >= 0.6 is 0 Å². The summed E-state index contributed by atoms with van der Waals surface area (Å²) in [4.78, 5) is 27.8. The number of rotatable bonds is 6. The van der Waals surface area contributed by atoms with Crippen molar-refractivity contribution in [2.75, 3.05) is 6.61 Å². The number of hydrogen-bond donors (Lipinski definition) is 2. The van der Waals surface area contributed by atoms with Gasteiger partial charge in [-0.2, -0.15) is 26.3 Å². The lowest BCUT2D eigenvalue weighted by Crippen LogP contribution is -2.46. The zero-order chi connectivity index (χ0) is 24.1. The smallest absolute Gasteiger partial charge is 0.418 e. The number of aromatic nitrogens is 1. The number of pyridine rings is 1. The number of halogens is 6. The summed E-state index contributed by atoms with van der Waals surface area (Å²) in [5.41, 5.74) is -2.90. The van der Waals surface area contributed by atoms with Gasteiger partial charge in [-0.15, -0.1) is 0 Å². The molecule has 0 radical (unpaired) electrons. The van der Waals surface area contributed by atoms with Crippen LogP contribution in [0.15, 0.2) is 42.6 Å². The lowest BCUT2D eigenvalue weighted by Gasteiger charge is -2.23. The summed E-state index contributed by atoms with van der Waals surface area (Å²) in [6, 6.07) is 1.28. The number of esters is 1. The summed E-state index contributed by atoms with van der Waals surface area (Å²) in [6.45, 7) is 2.89. The van der Waals surface area contributed by atoms with Gasteiger partial charge in [0.1, 0.15) is 6.04 Å². The third-order valence-electron chi connectivity index (χ3n) is 4.25. The molecule has 1 aromatic heterocycles. The predicted molar refractivity (Wildman–Crippen MR) is 100 cm³/mol. The van der Waals surface area contributed by atoms with E-state index in [1.807, 2.05) is 0 Å². The SMILES string of the molecule is CCOC(=O)[C@H](C)NC(=O)N[C@@H](c1ccc(C(F)(F)F)cc1)c1ncccc1C(F)(F)F. The first-order valence-electron chi connectivity index (χ1n) is 9.27. The molecule has 0 aliphatic heterocycles. The number of carbonyl (C=O) groups excluding carboxylic acids is 2. The molecule has 1 heterocycles. The normalized spacial score (nSPS) is 13.8. The molecule has 174 valence electrons. The Kier molecular flexibility index (Phi) is 7.70. The molecule has 32 heavy (non-hydrogen) atoms. The van der Waals surface area contributed by atoms with E-state index in [0.29, 0.717) is 12.1 Å².